The summed E-state index contributed by atoms with van der Waals surface area (Å²) in [7, 11) is 0. The lowest BCUT2D eigenvalue weighted by Gasteiger charge is -2.18. The number of aliphatic hydroxyl groups is 1. The summed E-state index contributed by atoms with van der Waals surface area (Å²) in [5, 5.41) is 12.0. The summed E-state index contributed by atoms with van der Waals surface area (Å²) in [6.45, 7) is 0.107. The minimum Gasteiger partial charge on any atom is -0.396 e. The quantitative estimate of drug-likeness (QED) is 0.843. The third kappa shape index (κ3) is 4.65. The van der Waals surface area contributed by atoms with Crippen LogP contribution in [0.2, 0.25) is 0 Å². The Labute approximate surface area is 132 Å². The molecule has 2 N–H and O–H groups in total. The minimum absolute atomic E-state index is 0.107. The van der Waals surface area contributed by atoms with Crippen LogP contribution in [0.4, 0.5) is 0 Å². The Hall–Kier alpha value is -1.72. The average molecular weight is 349 g/mol. The largest absolute Gasteiger partial charge is 0.396 e. The Morgan fingerprint density at radius 1 is 1.24 bits per heavy atom. The number of pyridine rings is 1. The molecule has 21 heavy (non-hydrogen) atoms. The SMILES string of the molecule is O=C(N[C@@H](CCCO)c1ccccc1)c1ccc(Br)cn1. The zero-order valence-corrected chi connectivity index (χ0v) is 13.1. The van der Waals surface area contributed by atoms with Crippen LogP contribution in [-0.4, -0.2) is 22.6 Å². The number of aromatic nitrogens is 1. The molecule has 0 aliphatic rings. The van der Waals surface area contributed by atoms with E-state index in [1.54, 1.807) is 18.3 Å². The molecule has 110 valence electrons. The maximum absolute atomic E-state index is 12.3. The Balaban J connectivity index is 2.11. The Morgan fingerprint density at radius 2 is 2.00 bits per heavy atom. The van der Waals surface area contributed by atoms with Crippen LogP contribution >= 0.6 is 15.9 Å². The third-order valence-corrected chi connectivity index (χ3v) is 3.59. The van der Waals surface area contributed by atoms with Gasteiger partial charge in [0.15, 0.2) is 0 Å². The van der Waals surface area contributed by atoms with E-state index in [4.69, 9.17) is 5.11 Å². The summed E-state index contributed by atoms with van der Waals surface area (Å²) >= 11 is 3.29. The standard InChI is InChI=1S/C16H17BrN2O2/c17-13-8-9-15(18-11-13)16(21)19-14(7-4-10-20)12-5-2-1-3-6-12/h1-3,5-6,8-9,11,14,20H,4,7,10H2,(H,19,21)/t14-/m0/s1. The van der Waals surface area contributed by atoms with E-state index < -0.39 is 0 Å². The van der Waals surface area contributed by atoms with Gasteiger partial charge in [0.2, 0.25) is 0 Å². The molecule has 0 saturated heterocycles. The average Bonchev–Trinajstić information content (AvgIpc) is 2.52. The van der Waals surface area contributed by atoms with Gasteiger partial charge in [-0.2, -0.15) is 0 Å². The summed E-state index contributed by atoms with van der Waals surface area (Å²) in [6, 6.07) is 13.1. The van der Waals surface area contributed by atoms with Gasteiger partial charge in [-0.3, -0.25) is 4.79 Å². The lowest BCUT2D eigenvalue weighted by Crippen LogP contribution is -2.29. The molecule has 0 saturated carbocycles. The number of hydrogen-bond donors (Lipinski definition) is 2. The molecule has 2 aromatic rings. The van der Waals surface area contributed by atoms with Crippen LogP contribution in [0.15, 0.2) is 53.1 Å². The maximum Gasteiger partial charge on any atom is 0.270 e. The number of aliphatic hydroxyl groups excluding tert-OH is 1. The second kappa shape index (κ2) is 7.90. The van der Waals surface area contributed by atoms with Crippen molar-refractivity contribution >= 4 is 21.8 Å². The zero-order valence-electron chi connectivity index (χ0n) is 11.5. The fourth-order valence-electron chi connectivity index (χ4n) is 2.05. The van der Waals surface area contributed by atoms with Gasteiger partial charge in [0.05, 0.1) is 6.04 Å². The number of carbonyl (C=O) groups excluding carboxylic acids is 1. The van der Waals surface area contributed by atoms with Gasteiger partial charge < -0.3 is 10.4 Å². The van der Waals surface area contributed by atoms with Crippen molar-refractivity contribution in [2.75, 3.05) is 6.61 Å². The number of hydrogen-bond acceptors (Lipinski definition) is 3. The predicted molar refractivity (Wildman–Crippen MR) is 84.9 cm³/mol. The van der Waals surface area contributed by atoms with Gasteiger partial charge >= 0.3 is 0 Å². The highest BCUT2D eigenvalue weighted by atomic mass is 79.9. The van der Waals surface area contributed by atoms with Crippen LogP contribution in [0, 0.1) is 0 Å². The summed E-state index contributed by atoms with van der Waals surface area (Å²) < 4.78 is 0.832. The summed E-state index contributed by atoms with van der Waals surface area (Å²) in [5.41, 5.74) is 1.40. The van der Waals surface area contributed by atoms with E-state index in [1.807, 2.05) is 30.3 Å². The number of halogens is 1. The van der Waals surface area contributed by atoms with Crippen molar-refractivity contribution in [3.05, 3.63) is 64.4 Å². The molecule has 0 aliphatic heterocycles. The highest BCUT2D eigenvalue weighted by molar-refractivity contribution is 9.10. The number of benzene rings is 1. The van der Waals surface area contributed by atoms with Crippen LogP contribution in [0.3, 0.4) is 0 Å². The van der Waals surface area contributed by atoms with E-state index in [-0.39, 0.29) is 18.6 Å². The van der Waals surface area contributed by atoms with Crippen molar-refractivity contribution in [1.82, 2.24) is 10.3 Å². The van der Waals surface area contributed by atoms with Gasteiger partial charge in [-0.05, 0) is 46.5 Å². The Bertz CT molecular complexity index is 573. The van der Waals surface area contributed by atoms with Crippen LogP contribution < -0.4 is 5.32 Å². The lowest BCUT2D eigenvalue weighted by atomic mass is 10.0. The molecule has 5 heteroatoms. The summed E-state index contributed by atoms with van der Waals surface area (Å²) in [5.74, 6) is -0.214. The fourth-order valence-corrected chi connectivity index (χ4v) is 2.28. The van der Waals surface area contributed by atoms with Gasteiger partial charge in [0, 0.05) is 17.3 Å². The van der Waals surface area contributed by atoms with Crippen LogP contribution in [-0.2, 0) is 0 Å². The third-order valence-electron chi connectivity index (χ3n) is 3.12. The molecule has 0 radical (unpaired) electrons. The van der Waals surface area contributed by atoms with E-state index in [0.29, 0.717) is 18.5 Å². The number of nitrogens with zero attached hydrogens (tertiary/aromatic N) is 1. The van der Waals surface area contributed by atoms with Gasteiger partial charge in [-0.15, -0.1) is 0 Å². The first-order chi connectivity index (χ1) is 10.2. The normalized spacial score (nSPS) is 11.9. The van der Waals surface area contributed by atoms with Crippen molar-refractivity contribution in [2.45, 2.75) is 18.9 Å². The second-order valence-corrected chi connectivity index (χ2v) is 5.58. The van der Waals surface area contributed by atoms with Crippen molar-refractivity contribution < 1.29 is 9.90 Å². The minimum atomic E-state index is -0.214. The lowest BCUT2D eigenvalue weighted by molar-refractivity contribution is 0.0927. The molecule has 1 aromatic heterocycles. The van der Waals surface area contributed by atoms with E-state index in [2.05, 4.69) is 26.2 Å². The van der Waals surface area contributed by atoms with E-state index in [1.165, 1.54) is 0 Å². The molecule has 1 amide bonds. The molecular formula is C16H17BrN2O2. The second-order valence-electron chi connectivity index (χ2n) is 4.66. The smallest absolute Gasteiger partial charge is 0.270 e. The zero-order chi connectivity index (χ0) is 15.1. The highest BCUT2D eigenvalue weighted by Crippen LogP contribution is 2.19. The number of carbonyl (C=O) groups is 1. The first kappa shape index (κ1) is 15.7. The van der Waals surface area contributed by atoms with Gasteiger partial charge in [0.1, 0.15) is 5.69 Å². The molecule has 0 fully saturated rings. The molecule has 1 aromatic carbocycles. The predicted octanol–water partition coefficient (Wildman–Crippen LogP) is 3.09. The number of amides is 1. The first-order valence-electron chi connectivity index (χ1n) is 6.79. The number of nitrogens with one attached hydrogen (secondary N) is 1. The van der Waals surface area contributed by atoms with Gasteiger partial charge in [-0.1, -0.05) is 30.3 Å². The highest BCUT2D eigenvalue weighted by Gasteiger charge is 2.16. The van der Waals surface area contributed by atoms with E-state index in [0.717, 1.165) is 10.0 Å². The van der Waals surface area contributed by atoms with Gasteiger partial charge in [-0.25, -0.2) is 4.98 Å². The molecule has 0 spiro atoms. The van der Waals surface area contributed by atoms with Crippen molar-refractivity contribution in [2.24, 2.45) is 0 Å². The topological polar surface area (TPSA) is 62.2 Å². The van der Waals surface area contributed by atoms with Crippen LogP contribution in [0.5, 0.6) is 0 Å². The van der Waals surface area contributed by atoms with Crippen LogP contribution in [0.1, 0.15) is 34.9 Å². The molecule has 2 rings (SSSR count). The molecule has 0 aliphatic carbocycles. The summed E-state index contributed by atoms with van der Waals surface area (Å²) in [4.78, 5) is 16.3. The van der Waals surface area contributed by atoms with Crippen molar-refractivity contribution in [3.8, 4) is 0 Å². The van der Waals surface area contributed by atoms with Gasteiger partial charge in [0.25, 0.3) is 5.91 Å². The molecular weight excluding hydrogens is 332 g/mol. The fraction of sp³-hybridized carbons (Fsp3) is 0.250. The molecule has 1 atom stereocenters. The van der Waals surface area contributed by atoms with Crippen molar-refractivity contribution in [3.63, 3.8) is 0 Å². The monoisotopic (exact) mass is 348 g/mol. The van der Waals surface area contributed by atoms with E-state index in [9.17, 15) is 4.79 Å². The molecule has 0 unspecified atom stereocenters. The van der Waals surface area contributed by atoms with E-state index >= 15 is 0 Å². The number of rotatable bonds is 6. The maximum atomic E-state index is 12.3. The first-order valence-corrected chi connectivity index (χ1v) is 7.58. The van der Waals surface area contributed by atoms with Crippen LogP contribution in [0.25, 0.3) is 0 Å². The molecule has 1 heterocycles. The Morgan fingerprint density at radius 3 is 2.62 bits per heavy atom. The van der Waals surface area contributed by atoms with Crippen molar-refractivity contribution in [1.29, 1.82) is 0 Å². The Kier molecular flexibility index (Phi) is 5.90. The molecule has 0 bridgehead atoms. The molecule has 4 nitrogen and oxygen atoms in total. The summed E-state index contributed by atoms with van der Waals surface area (Å²) in [6.07, 6.45) is 2.91.